The Labute approximate surface area is 89.4 Å². The standard InChI is InChI=1S/C10H17N3O2/c1-4-13-6-9(5-11-13)12-10(14)7-15-8(2)3/h5-6,8H,4,7H2,1-3H3,(H,12,14). The summed E-state index contributed by atoms with van der Waals surface area (Å²) in [5.74, 6) is -0.153. The Morgan fingerprint density at radius 2 is 2.40 bits per heavy atom. The highest BCUT2D eigenvalue weighted by molar-refractivity contribution is 5.91. The van der Waals surface area contributed by atoms with Crippen LogP contribution in [-0.4, -0.2) is 28.4 Å². The maximum absolute atomic E-state index is 11.3. The Morgan fingerprint density at radius 1 is 1.67 bits per heavy atom. The SMILES string of the molecule is CCn1cc(NC(=O)COC(C)C)cn1. The molecule has 1 rings (SSSR count). The second-order valence-corrected chi connectivity index (χ2v) is 3.49. The van der Waals surface area contributed by atoms with Gasteiger partial charge in [0.1, 0.15) is 6.61 Å². The number of anilines is 1. The van der Waals surface area contributed by atoms with E-state index in [0.717, 1.165) is 6.54 Å². The number of rotatable bonds is 5. The first-order valence-electron chi connectivity index (χ1n) is 5.05. The third-order valence-electron chi connectivity index (χ3n) is 1.79. The average Bonchev–Trinajstić information content (AvgIpc) is 2.62. The number of hydrogen-bond donors (Lipinski definition) is 1. The van der Waals surface area contributed by atoms with Crippen molar-refractivity contribution < 1.29 is 9.53 Å². The van der Waals surface area contributed by atoms with Crippen LogP contribution in [0.15, 0.2) is 12.4 Å². The molecule has 0 spiro atoms. The highest BCUT2D eigenvalue weighted by Gasteiger charge is 2.05. The second-order valence-electron chi connectivity index (χ2n) is 3.49. The molecule has 0 saturated carbocycles. The predicted molar refractivity (Wildman–Crippen MR) is 57.6 cm³/mol. The van der Waals surface area contributed by atoms with Crippen molar-refractivity contribution in [2.45, 2.75) is 33.4 Å². The van der Waals surface area contributed by atoms with Crippen LogP contribution in [-0.2, 0) is 16.1 Å². The molecule has 1 heterocycles. The lowest BCUT2D eigenvalue weighted by Gasteiger charge is -2.06. The minimum absolute atomic E-state index is 0.0640. The summed E-state index contributed by atoms with van der Waals surface area (Å²) in [4.78, 5) is 11.3. The van der Waals surface area contributed by atoms with Crippen molar-refractivity contribution in [3.63, 3.8) is 0 Å². The van der Waals surface area contributed by atoms with E-state index in [0.29, 0.717) is 5.69 Å². The van der Waals surface area contributed by atoms with Gasteiger partial charge in [-0.25, -0.2) is 0 Å². The molecule has 1 amide bonds. The van der Waals surface area contributed by atoms with Crippen molar-refractivity contribution in [1.29, 1.82) is 0 Å². The van der Waals surface area contributed by atoms with Crippen LogP contribution in [0.3, 0.4) is 0 Å². The van der Waals surface area contributed by atoms with Crippen LogP contribution in [0.5, 0.6) is 0 Å². The van der Waals surface area contributed by atoms with E-state index in [2.05, 4.69) is 10.4 Å². The maximum atomic E-state index is 11.3. The zero-order valence-corrected chi connectivity index (χ0v) is 9.36. The van der Waals surface area contributed by atoms with E-state index in [-0.39, 0.29) is 18.6 Å². The number of carbonyl (C=O) groups is 1. The molecule has 1 aromatic rings. The van der Waals surface area contributed by atoms with Crippen molar-refractivity contribution in [1.82, 2.24) is 9.78 Å². The van der Waals surface area contributed by atoms with Crippen LogP contribution >= 0.6 is 0 Å². The molecule has 0 unspecified atom stereocenters. The molecule has 0 bridgehead atoms. The van der Waals surface area contributed by atoms with Gasteiger partial charge in [-0.1, -0.05) is 0 Å². The zero-order chi connectivity index (χ0) is 11.3. The van der Waals surface area contributed by atoms with Crippen molar-refractivity contribution >= 4 is 11.6 Å². The van der Waals surface area contributed by atoms with E-state index in [1.165, 1.54) is 0 Å². The topological polar surface area (TPSA) is 56.2 Å². The van der Waals surface area contributed by atoms with Gasteiger partial charge in [0.2, 0.25) is 5.91 Å². The summed E-state index contributed by atoms with van der Waals surface area (Å²) in [5.41, 5.74) is 0.703. The predicted octanol–water partition coefficient (Wildman–Crippen LogP) is 1.27. The Balaban J connectivity index is 2.37. The van der Waals surface area contributed by atoms with Gasteiger partial charge in [-0.15, -0.1) is 0 Å². The largest absolute Gasteiger partial charge is 0.369 e. The van der Waals surface area contributed by atoms with Gasteiger partial charge in [0.05, 0.1) is 18.0 Å². The van der Waals surface area contributed by atoms with Gasteiger partial charge in [-0.05, 0) is 20.8 Å². The lowest BCUT2D eigenvalue weighted by atomic mass is 10.4. The third-order valence-corrected chi connectivity index (χ3v) is 1.79. The van der Waals surface area contributed by atoms with Gasteiger partial charge in [0, 0.05) is 12.7 Å². The molecule has 15 heavy (non-hydrogen) atoms. The monoisotopic (exact) mass is 211 g/mol. The Bertz CT molecular complexity index is 320. The number of nitrogens with zero attached hydrogens (tertiary/aromatic N) is 2. The number of aryl methyl sites for hydroxylation is 1. The van der Waals surface area contributed by atoms with Gasteiger partial charge in [0.25, 0.3) is 0 Å². The van der Waals surface area contributed by atoms with Gasteiger partial charge >= 0.3 is 0 Å². The Hall–Kier alpha value is -1.36. The smallest absolute Gasteiger partial charge is 0.250 e. The first kappa shape index (κ1) is 11.7. The molecule has 5 heteroatoms. The van der Waals surface area contributed by atoms with Crippen LogP contribution in [0.25, 0.3) is 0 Å². The number of nitrogens with one attached hydrogen (secondary N) is 1. The average molecular weight is 211 g/mol. The van der Waals surface area contributed by atoms with Crippen molar-refractivity contribution in [3.05, 3.63) is 12.4 Å². The van der Waals surface area contributed by atoms with E-state index in [1.807, 2.05) is 20.8 Å². The summed E-state index contributed by atoms with van der Waals surface area (Å²) in [7, 11) is 0. The number of hydrogen-bond acceptors (Lipinski definition) is 3. The van der Waals surface area contributed by atoms with Crippen LogP contribution in [0.4, 0.5) is 5.69 Å². The maximum Gasteiger partial charge on any atom is 0.250 e. The molecule has 5 nitrogen and oxygen atoms in total. The highest BCUT2D eigenvalue weighted by Crippen LogP contribution is 2.04. The quantitative estimate of drug-likeness (QED) is 0.797. The molecule has 84 valence electrons. The molecule has 0 aromatic carbocycles. The summed E-state index contributed by atoms with van der Waals surface area (Å²) < 4.78 is 6.92. The van der Waals surface area contributed by atoms with E-state index < -0.39 is 0 Å². The number of carbonyl (C=O) groups excluding carboxylic acids is 1. The molecule has 0 aliphatic carbocycles. The lowest BCUT2D eigenvalue weighted by Crippen LogP contribution is -2.20. The molecule has 0 aliphatic rings. The van der Waals surface area contributed by atoms with Crippen molar-refractivity contribution in [3.8, 4) is 0 Å². The van der Waals surface area contributed by atoms with E-state index in [4.69, 9.17) is 4.74 Å². The van der Waals surface area contributed by atoms with E-state index in [1.54, 1.807) is 17.1 Å². The molecular formula is C10H17N3O2. The first-order valence-corrected chi connectivity index (χ1v) is 5.05. The lowest BCUT2D eigenvalue weighted by molar-refractivity contribution is -0.121. The van der Waals surface area contributed by atoms with Gasteiger partial charge in [-0.3, -0.25) is 9.48 Å². The minimum atomic E-state index is -0.153. The molecular weight excluding hydrogens is 194 g/mol. The molecule has 1 N–H and O–H groups in total. The third kappa shape index (κ3) is 4.12. The fourth-order valence-corrected chi connectivity index (χ4v) is 1.04. The summed E-state index contributed by atoms with van der Waals surface area (Å²) >= 11 is 0. The highest BCUT2D eigenvalue weighted by atomic mass is 16.5. The van der Waals surface area contributed by atoms with Crippen molar-refractivity contribution in [2.24, 2.45) is 0 Å². The van der Waals surface area contributed by atoms with Gasteiger partial charge < -0.3 is 10.1 Å². The summed E-state index contributed by atoms with van der Waals surface area (Å²) in [6.07, 6.45) is 3.47. The van der Waals surface area contributed by atoms with Crippen LogP contribution < -0.4 is 5.32 Å². The summed E-state index contributed by atoms with van der Waals surface area (Å²) in [5, 5.41) is 6.75. The van der Waals surface area contributed by atoms with Crippen LogP contribution in [0, 0.1) is 0 Å². The molecule has 0 saturated heterocycles. The van der Waals surface area contributed by atoms with Crippen LogP contribution in [0.2, 0.25) is 0 Å². The number of aromatic nitrogens is 2. The van der Waals surface area contributed by atoms with Gasteiger partial charge in [0.15, 0.2) is 0 Å². The fraction of sp³-hybridized carbons (Fsp3) is 0.600. The van der Waals surface area contributed by atoms with Crippen LogP contribution in [0.1, 0.15) is 20.8 Å². The molecule has 0 atom stereocenters. The fourth-order valence-electron chi connectivity index (χ4n) is 1.04. The summed E-state index contributed by atoms with van der Waals surface area (Å²) in [6, 6.07) is 0. The minimum Gasteiger partial charge on any atom is -0.369 e. The zero-order valence-electron chi connectivity index (χ0n) is 9.36. The second kappa shape index (κ2) is 5.50. The number of amides is 1. The summed E-state index contributed by atoms with van der Waals surface area (Å²) in [6.45, 7) is 6.64. The Kier molecular flexibility index (Phi) is 4.30. The van der Waals surface area contributed by atoms with E-state index >= 15 is 0 Å². The molecule has 0 radical (unpaired) electrons. The Morgan fingerprint density at radius 3 is 2.93 bits per heavy atom. The molecule has 0 fully saturated rings. The molecule has 0 aliphatic heterocycles. The van der Waals surface area contributed by atoms with Gasteiger partial charge in [-0.2, -0.15) is 5.10 Å². The van der Waals surface area contributed by atoms with E-state index in [9.17, 15) is 4.79 Å². The number of ether oxygens (including phenoxy) is 1. The first-order chi connectivity index (χ1) is 7.11. The normalized spacial score (nSPS) is 10.7. The molecule has 1 aromatic heterocycles. The van der Waals surface area contributed by atoms with Crippen molar-refractivity contribution in [2.75, 3.05) is 11.9 Å².